The molecule has 1 aromatic rings. The fourth-order valence-corrected chi connectivity index (χ4v) is 1.90. The average molecular weight is 154 g/mol. The van der Waals surface area contributed by atoms with Crippen LogP contribution in [0.2, 0.25) is 0 Å². The largest absolute Gasteiger partial charge is 0.230 e. The van der Waals surface area contributed by atoms with Gasteiger partial charge in [0.2, 0.25) is 5.51 Å². The van der Waals surface area contributed by atoms with Crippen LogP contribution in [-0.2, 0) is 6.42 Å². The summed E-state index contributed by atoms with van der Waals surface area (Å²) in [5.41, 5.74) is 3.46. The second-order valence-corrected chi connectivity index (χ2v) is 3.23. The SMILES string of the molecule is C=C[n+]1csc(C)c1CC. The van der Waals surface area contributed by atoms with Crippen LogP contribution in [0.4, 0.5) is 0 Å². The van der Waals surface area contributed by atoms with Gasteiger partial charge in [-0.3, -0.25) is 0 Å². The Bertz CT molecular complexity index is 237. The summed E-state index contributed by atoms with van der Waals surface area (Å²) in [6.45, 7) is 8.03. The predicted molar refractivity (Wildman–Crippen MR) is 45.0 cm³/mol. The molecular formula is C8H12NS+. The third-order valence-electron chi connectivity index (χ3n) is 1.59. The number of nitrogens with zero attached hydrogens (tertiary/aromatic N) is 1. The van der Waals surface area contributed by atoms with Gasteiger partial charge in [-0.25, -0.2) is 0 Å². The molecule has 0 bridgehead atoms. The quantitative estimate of drug-likeness (QED) is 0.574. The van der Waals surface area contributed by atoms with Gasteiger partial charge in [0.1, 0.15) is 0 Å². The number of rotatable bonds is 2. The normalized spacial score (nSPS) is 9.80. The molecule has 0 saturated carbocycles. The van der Waals surface area contributed by atoms with Gasteiger partial charge in [0.05, 0.1) is 4.88 Å². The molecule has 0 fully saturated rings. The van der Waals surface area contributed by atoms with Crippen LogP contribution in [0.25, 0.3) is 6.20 Å². The highest BCUT2D eigenvalue weighted by molar-refractivity contribution is 7.09. The van der Waals surface area contributed by atoms with E-state index in [0.29, 0.717) is 0 Å². The highest BCUT2D eigenvalue weighted by atomic mass is 32.1. The second kappa shape index (κ2) is 2.97. The van der Waals surface area contributed by atoms with Crippen molar-refractivity contribution in [2.75, 3.05) is 0 Å². The average Bonchev–Trinajstić information content (AvgIpc) is 2.30. The Morgan fingerprint density at radius 3 is 2.90 bits per heavy atom. The van der Waals surface area contributed by atoms with Crippen LogP contribution in [-0.4, -0.2) is 0 Å². The van der Waals surface area contributed by atoms with Crippen molar-refractivity contribution in [2.24, 2.45) is 0 Å². The van der Waals surface area contributed by atoms with Gasteiger partial charge in [0.15, 0.2) is 11.9 Å². The van der Waals surface area contributed by atoms with Gasteiger partial charge in [-0.1, -0.05) is 18.3 Å². The zero-order valence-electron chi connectivity index (χ0n) is 6.42. The zero-order valence-corrected chi connectivity index (χ0v) is 7.24. The first kappa shape index (κ1) is 7.48. The van der Waals surface area contributed by atoms with Gasteiger partial charge in [-0.2, -0.15) is 4.57 Å². The summed E-state index contributed by atoms with van der Waals surface area (Å²) in [7, 11) is 0. The predicted octanol–water partition coefficient (Wildman–Crippen LogP) is 2.01. The molecule has 0 unspecified atom stereocenters. The minimum atomic E-state index is 1.08. The molecule has 1 nitrogen and oxygen atoms in total. The Morgan fingerprint density at radius 2 is 2.50 bits per heavy atom. The molecule has 0 aliphatic heterocycles. The van der Waals surface area contributed by atoms with E-state index in [4.69, 9.17) is 0 Å². The molecule has 54 valence electrons. The number of aryl methyl sites for hydroxylation is 1. The molecule has 0 spiro atoms. The van der Waals surface area contributed by atoms with E-state index in [1.165, 1.54) is 10.6 Å². The lowest BCUT2D eigenvalue weighted by Crippen LogP contribution is -2.27. The van der Waals surface area contributed by atoms with E-state index in [1.807, 2.05) is 6.20 Å². The molecule has 0 radical (unpaired) electrons. The Balaban J connectivity index is 3.12. The van der Waals surface area contributed by atoms with Crippen molar-refractivity contribution >= 4 is 17.5 Å². The van der Waals surface area contributed by atoms with Gasteiger partial charge in [0, 0.05) is 6.42 Å². The summed E-state index contributed by atoms with van der Waals surface area (Å²) in [5.74, 6) is 0. The monoisotopic (exact) mass is 154 g/mol. The highest BCUT2D eigenvalue weighted by Crippen LogP contribution is 2.09. The van der Waals surface area contributed by atoms with Gasteiger partial charge in [-0.05, 0) is 13.5 Å². The molecular weight excluding hydrogens is 142 g/mol. The lowest BCUT2D eigenvalue weighted by atomic mass is 10.3. The first-order valence-corrected chi connectivity index (χ1v) is 4.28. The third-order valence-corrected chi connectivity index (χ3v) is 2.51. The Labute approximate surface area is 65.6 Å². The number of hydrogen-bond donors (Lipinski definition) is 0. The first-order valence-electron chi connectivity index (χ1n) is 3.40. The Hall–Kier alpha value is -0.630. The van der Waals surface area contributed by atoms with E-state index in [-0.39, 0.29) is 0 Å². The molecule has 10 heavy (non-hydrogen) atoms. The van der Waals surface area contributed by atoms with Crippen LogP contribution in [0.15, 0.2) is 12.1 Å². The summed E-state index contributed by atoms with van der Waals surface area (Å²) >= 11 is 1.77. The highest BCUT2D eigenvalue weighted by Gasteiger charge is 2.10. The van der Waals surface area contributed by atoms with Crippen LogP contribution in [0.1, 0.15) is 17.5 Å². The van der Waals surface area contributed by atoms with Gasteiger partial charge in [0.25, 0.3) is 0 Å². The molecule has 0 aliphatic carbocycles. The van der Waals surface area contributed by atoms with Crippen molar-refractivity contribution in [1.82, 2.24) is 0 Å². The van der Waals surface area contributed by atoms with E-state index in [1.54, 1.807) is 11.3 Å². The minimum absolute atomic E-state index is 1.08. The van der Waals surface area contributed by atoms with Crippen LogP contribution >= 0.6 is 11.3 Å². The van der Waals surface area contributed by atoms with Crippen LogP contribution in [0.3, 0.4) is 0 Å². The first-order chi connectivity index (χ1) is 4.79. The summed E-state index contributed by atoms with van der Waals surface area (Å²) in [6.07, 6.45) is 2.93. The molecule has 0 aliphatic rings. The van der Waals surface area contributed by atoms with Gasteiger partial charge < -0.3 is 0 Å². The van der Waals surface area contributed by atoms with Crippen molar-refractivity contribution < 1.29 is 4.57 Å². The lowest BCUT2D eigenvalue weighted by Gasteiger charge is -1.86. The van der Waals surface area contributed by atoms with Crippen molar-refractivity contribution in [2.45, 2.75) is 20.3 Å². The van der Waals surface area contributed by atoms with Crippen molar-refractivity contribution in [3.05, 3.63) is 22.7 Å². The maximum atomic E-state index is 3.72. The molecule has 0 atom stereocenters. The maximum Gasteiger partial charge on any atom is 0.230 e. The standard InChI is InChI=1S/C8H12NS/c1-4-8-7(3)10-6-9(8)5-2/h5-6H,2,4H2,1,3H3/q+1. The number of hydrogen-bond acceptors (Lipinski definition) is 1. The second-order valence-electron chi connectivity index (χ2n) is 2.17. The minimum Gasteiger partial charge on any atom is -0.161 e. The lowest BCUT2D eigenvalue weighted by molar-refractivity contribution is -0.571. The number of aromatic nitrogens is 1. The van der Waals surface area contributed by atoms with Crippen LogP contribution in [0, 0.1) is 6.92 Å². The summed E-state index contributed by atoms with van der Waals surface area (Å²) < 4.78 is 2.08. The number of thiazole rings is 1. The molecule has 0 N–H and O–H groups in total. The molecule has 0 amide bonds. The summed E-state index contributed by atoms with van der Waals surface area (Å²) in [5, 5.41) is 0. The smallest absolute Gasteiger partial charge is 0.161 e. The molecule has 2 heteroatoms. The molecule has 1 rings (SSSR count). The summed E-state index contributed by atoms with van der Waals surface area (Å²) in [4.78, 5) is 1.39. The van der Waals surface area contributed by atoms with Crippen molar-refractivity contribution in [1.29, 1.82) is 0 Å². The topological polar surface area (TPSA) is 3.88 Å². The van der Waals surface area contributed by atoms with Crippen LogP contribution < -0.4 is 4.57 Å². The Kier molecular flexibility index (Phi) is 2.22. The van der Waals surface area contributed by atoms with Crippen molar-refractivity contribution in [3.63, 3.8) is 0 Å². The third kappa shape index (κ3) is 1.12. The van der Waals surface area contributed by atoms with E-state index < -0.39 is 0 Å². The van der Waals surface area contributed by atoms with E-state index >= 15 is 0 Å². The molecule has 1 aromatic heterocycles. The van der Waals surface area contributed by atoms with Crippen molar-refractivity contribution in [3.8, 4) is 0 Å². The van der Waals surface area contributed by atoms with Gasteiger partial charge in [-0.15, -0.1) is 0 Å². The van der Waals surface area contributed by atoms with Gasteiger partial charge >= 0.3 is 0 Å². The fourth-order valence-electron chi connectivity index (χ4n) is 1.03. The summed E-state index contributed by atoms with van der Waals surface area (Å²) in [6, 6.07) is 0. The zero-order chi connectivity index (χ0) is 7.56. The van der Waals surface area contributed by atoms with Crippen LogP contribution in [0.5, 0.6) is 0 Å². The molecule has 0 saturated heterocycles. The maximum absolute atomic E-state index is 3.72. The van der Waals surface area contributed by atoms with E-state index in [9.17, 15) is 0 Å². The molecule has 0 aromatic carbocycles. The Morgan fingerprint density at radius 1 is 1.80 bits per heavy atom. The van der Waals surface area contributed by atoms with E-state index in [2.05, 4.69) is 30.5 Å². The fraction of sp³-hybridized carbons (Fsp3) is 0.375. The van der Waals surface area contributed by atoms with E-state index in [0.717, 1.165) is 6.42 Å². The molecule has 1 heterocycles.